The van der Waals surface area contributed by atoms with Crippen molar-refractivity contribution >= 4 is 56.5 Å². The molecule has 1 fully saturated rings. The number of carbonyl (C=O) groups excluding carboxylic acids is 1. The highest BCUT2D eigenvalue weighted by molar-refractivity contribution is 9.10. The lowest BCUT2D eigenvalue weighted by molar-refractivity contribution is -0.121. The topological polar surface area (TPSA) is 88.4 Å². The van der Waals surface area contributed by atoms with Crippen molar-refractivity contribution in [3.05, 3.63) is 92.3 Å². The number of ether oxygens (including phenoxy) is 2. The van der Waals surface area contributed by atoms with E-state index in [-0.39, 0.29) is 11.5 Å². The van der Waals surface area contributed by atoms with Crippen LogP contribution in [0, 0.1) is 6.92 Å². The van der Waals surface area contributed by atoms with Crippen molar-refractivity contribution in [2.45, 2.75) is 20.5 Å². The van der Waals surface area contributed by atoms with Gasteiger partial charge in [0.25, 0.3) is 5.91 Å². The van der Waals surface area contributed by atoms with Gasteiger partial charge >= 0.3 is 5.97 Å². The Kier molecular flexibility index (Phi) is 8.35. The van der Waals surface area contributed by atoms with Gasteiger partial charge in [-0.25, -0.2) is 9.79 Å². The van der Waals surface area contributed by atoms with Crippen LogP contribution in [0.15, 0.2) is 75.0 Å². The van der Waals surface area contributed by atoms with Gasteiger partial charge in [0.1, 0.15) is 6.61 Å². The van der Waals surface area contributed by atoms with Crippen molar-refractivity contribution in [2.24, 2.45) is 4.99 Å². The number of aliphatic imine (C=N–C) groups is 1. The number of carboxylic acids is 1. The summed E-state index contributed by atoms with van der Waals surface area (Å²) in [6.07, 6.45) is 1.77. The van der Waals surface area contributed by atoms with Gasteiger partial charge in [0.2, 0.25) is 0 Å². The standard InChI is InChI=1S/C28H25BrN2O5S/c1-4-35-23-13-20(22(29)15-24(23)36-16-18-10-8-17(2)9-11-18)14-25-26(32)31(3)28(37-25)30-21-7-5-6-19(12-21)27(33)34/h5-15H,4,16H2,1-3H3,(H,33,34). The molecule has 9 heteroatoms. The van der Waals surface area contributed by atoms with Crippen molar-refractivity contribution in [2.75, 3.05) is 13.7 Å². The number of likely N-dealkylation sites (N-methyl/N-ethyl adjacent to an activating group) is 1. The third-order valence-corrected chi connectivity index (χ3v) is 7.23. The molecule has 0 unspecified atom stereocenters. The van der Waals surface area contributed by atoms with Gasteiger partial charge in [-0.1, -0.05) is 51.8 Å². The third-order valence-electron chi connectivity index (χ3n) is 5.49. The molecule has 7 nitrogen and oxygen atoms in total. The van der Waals surface area contributed by atoms with Gasteiger partial charge in [0.15, 0.2) is 16.7 Å². The molecule has 37 heavy (non-hydrogen) atoms. The van der Waals surface area contributed by atoms with Crippen molar-refractivity contribution in [1.82, 2.24) is 4.90 Å². The molecular formula is C28H25BrN2O5S. The Morgan fingerprint density at radius 1 is 1.11 bits per heavy atom. The highest BCUT2D eigenvalue weighted by Gasteiger charge is 2.30. The fraction of sp³-hybridized carbons (Fsp3) is 0.179. The van der Waals surface area contributed by atoms with Crippen LogP contribution in [0.4, 0.5) is 5.69 Å². The van der Waals surface area contributed by atoms with Gasteiger partial charge in [0.05, 0.1) is 22.8 Å². The average Bonchev–Trinajstić information content (AvgIpc) is 3.13. The van der Waals surface area contributed by atoms with Crippen LogP contribution in [-0.4, -0.2) is 40.7 Å². The molecule has 0 radical (unpaired) electrons. The molecule has 1 amide bonds. The van der Waals surface area contributed by atoms with Gasteiger partial charge in [-0.05, 0) is 73.1 Å². The number of hydrogen-bond acceptors (Lipinski definition) is 6. The number of carbonyl (C=O) groups is 2. The minimum Gasteiger partial charge on any atom is -0.490 e. The Labute approximate surface area is 227 Å². The van der Waals surface area contributed by atoms with E-state index in [1.54, 1.807) is 25.3 Å². The minimum absolute atomic E-state index is 0.131. The number of amides is 1. The molecule has 3 aromatic rings. The Hall–Kier alpha value is -3.56. The number of rotatable bonds is 8. The first-order valence-corrected chi connectivity index (χ1v) is 13.1. The Bertz CT molecular complexity index is 1400. The van der Waals surface area contributed by atoms with E-state index in [4.69, 9.17) is 9.47 Å². The maximum Gasteiger partial charge on any atom is 0.335 e. The van der Waals surface area contributed by atoms with Gasteiger partial charge in [-0.2, -0.15) is 0 Å². The van der Waals surface area contributed by atoms with E-state index in [1.807, 2.05) is 50.2 Å². The zero-order valence-electron chi connectivity index (χ0n) is 20.5. The summed E-state index contributed by atoms with van der Waals surface area (Å²) in [4.78, 5) is 30.6. The second-order valence-electron chi connectivity index (χ2n) is 8.25. The minimum atomic E-state index is -1.03. The second-order valence-corrected chi connectivity index (χ2v) is 10.1. The predicted molar refractivity (Wildman–Crippen MR) is 150 cm³/mol. The van der Waals surface area contributed by atoms with E-state index < -0.39 is 5.97 Å². The van der Waals surface area contributed by atoms with Gasteiger partial charge in [-0.3, -0.25) is 9.69 Å². The van der Waals surface area contributed by atoms with E-state index in [0.717, 1.165) is 15.6 Å². The smallest absolute Gasteiger partial charge is 0.335 e. The maximum atomic E-state index is 12.9. The molecular weight excluding hydrogens is 556 g/mol. The first-order valence-electron chi connectivity index (χ1n) is 11.5. The second kappa shape index (κ2) is 11.7. The number of aromatic carboxylic acids is 1. The molecule has 190 valence electrons. The van der Waals surface area contributed by atoms with E-state index in [0.29, 0.717) is 40.5 Å². The van der Waals surface area contributed by atoms with Crippen molar-refractivity contribution in [3.63, 3.8) is 0 Å². The zero-order chi connectivity index (χ0) is 26.5. The number of aryl methyl sites for hydroxylation is 1. The Morgan fingerprint density at radius 3 is 2.54 bits per heavy atom. The molecule has 0 bridgehead atoms. The monoisotopic (exact) mass is 580 g/mol. The van der Waals surface area contributed by atoms with Crippen LogP contribution in [0.1, 0.15) is 34.0 Å². The summed E-state index contributed by atoms with van der Waals surface area (Å²) >= 11 is 4.82. The van der Waals surface area contributed by atoms with Crippen LogP contribution >= 0.6 is 27.7 Å². The number of nitrogens with zero attached hydrogens (tertiary/aromatic N) is 2. The van der Waals surface area contributed by atoms with E-state index in [1.165, 1.54) is 34.4 Å². The molecule has 1 saturated heterocycles. The summed E-state index contributed by atoms with van der Waals surface area (Å²) in [6.45, 7) is 4.80. The van der Waals surface area contributed by atoms with E-state index in [2.05, 4.69) is 20.9 Å². The van der Waals surface area contributed by atoms with Crippen LogP contribution in [0.2, 0.25) is 0 Å². The van der Waals surface area contributed by atoms with Gasteiger partial charge in [-0.15, -0.1) is 0 Å². The predicted octanol–water partition coefficient (Wildman–Crippen LogP) is 6.67. The zero-order valence-corrected chi connectivity index (χ0v) is 22.9. The van der Waals surface area contributed by atoms with Crippen molar-refractivity contribution < 1.29 is 24.2 Å². The van der Waals surface area contributed by atoms with Crippen LogP contribution in [0.25, 0.3) is 6.08 Å². The number of halogens is 1. The molecule has 0 spiro atoms. The normalized spacial score (nSPS) is 15.5. The fourth-order valence-electron chi connectivity index (χ4n) is 3.50. The van der Waals surface area contributed by atoms with Crippen LogP contribution in [0.3, 0.4) is 0 Å². The number of amidine groups is 1. The summed E-state index contributed by atoms with van der Waals surface area (Å²) in [5, 5.41) is 9.68. The molecule has 0 aromatic heterocycles. The molecule has 4 rings (SSSR count). The summed E-state index contributed by atoms with van der Waals surface area (Å²) in [5.74, 6) is -0.0672. The molecule has 3 aromatic carbocycles. The quantitative estimate of drug-likeness (QED) is 0.299. The fourth-order valence-corrected chi connectivity index (χ4v) is 4.91. The first kappa shape index (κ1) is 26.5. The summed E-state index contributed by atoms with van der Waals surface area (Å²) in [5.41, 5.74) is 3.58. The number of hydrogen-bond donors (Lipinski definition) is 1. The highest BCUT2D eigenvalue weighted by atomic mass is 79.9. The SMILES string of the molecule is CCOc1cc(C=C2SC(=Nc3cccc(C(=O)O)c3)N(C)C2=O)c(Br)cc1OCc1ccc(C)cc1. The van der Waals surface area contributed by atoms with Crippen LogP contribution in [-0.2, 0) is 11.4 Å². The molecule has 0 saturated carbocycles. The lowest BCUT2D eigenvalue weighted by Crippen LogP contribution is -2.23. The molecule has 1 aliphatic rings. The molecule has 0 aliphatic carbocycles. The van der Waals surface area contributed by atoms with E-state index in [9.17, 15) is 14.7 Å². The average molecular weight is 581 g/mol. The molecule has 1 N–H and O–H groups in total. The molecule has 1 aliphatic heterocycles. The summed E-state index contributed by atoms with van der Waals surface area (Å²) < 4.78 is 12.6. The maximum absolute atomic E-state index is 12.9. The number of benzene rings is 3. The highest BCUT2D eigenvalue weighted by Crippen LogP contribution is 2.38. The lowest BCUT2D eigenvalue weighted by Gasteiger charge is -2.14. The first-order chi connectivity index (χ1) is 17.7. The summed E-state index contributed by atoms with van der Waals surface area (Å²) in [7, 11) is 1.64. The Morgan fingerprint density at radius 2 is 1.84 bits per heavy atom. The third kappa shape index (κ3) is 6.42. The Balaban J connectivity index is 1.59. The number of carboxylic acid groups (broad SMARTS) is 1. The molecule has 0 atom stereocenters. The summed E-state index contributed by atoms with van der Waals surface area (Å²) in [6, 6.07) is 18.1. The largest absolute Gasteiger partial charge is 0.490 e. The van der Waals surface area contributed by atoms with Gasteiger partial charge in [0, 0.05) is 11.5 Å². The molecule has 1 heterocycles. The van der Waals surface area contributed by atoms with Crippen molar-refractivity contribution in [3.8, 4) is 11.5 Å². The van der Waals surface area contributed by atoms with Crippen molar-refractivity contribution in [1.29, 1.82) is 0 Å². The van der Waals surface area contributed by atoms with Crippen LogP contribution in [0.5, 0.6) is 11.5 Å². The van der Waals surface area contributed by atoms with E-state index >= 15 is 0 Å². The van der Waals surface area contributed by atoms with Crippen LogP contribution < -0.4 is 9.47 Å². The van der Waals surface area contributed by atoms with Gasteiger partial charge < -0.3 is 14.6 Å². The number of thioether (sulfide) groups is 1. The lowest BCUT2D eigenvalue weighted by atomic mass is 10.1.